The number of carbonyl (C=O) groups is 3. The number of benzene rings is 2. The molecule has 0 spiro atoms. The van der Waals surface area contributed by atoms with Gasteiger partial charge in [0, 0.05) is 17.9 Å². The van der Waals surface area contributed by atoms with Crippen LogP contribution < -0.4 is 10.6 Å². The minimum absolute atomic E-state index is 0.0797. The van der Waals surface area contributed by atoms with Crippen LogP contribution in [0.1, 0.15) is 57.2 Å². The molecule has 0 aromatic heterocycles. The van der Waals surface area contributed by atoms with Crippen LogP contribution in [0.3, 0.4) is 0 Å². The Hall–Kier alpha value is -3.61. The summed E-state index contributed by atoms with van der Waals surface area (Å²) in [5.41, 5.74) is 3.34. The maximum absolute atomic E-state index is 12.9. The summed E-state index contributed by atoms with van der Waals surface area (Å²) in [5.74, 6) is -0.780. The molecule has 0 fully saturated rings. The fourth-order valence-electron chi connectivity index (χ4n) is 4.13. The molecule has 0 saturated heterocycles. The molecule has 0 saturated carbocycles. The summed E-state index contributed by atoms with van der Waals surface area (Å²) < 4.78 is 5.26. The number of ether oxygens (including phenoxy) is 1. The van der Waals surface area contributed by atoms with Gasteiger partial charge in [-0.2, -0.15) is 0 Å². The molecule has 1 heterocycles. The van der Waals surface area contributed by atoms with Gasteiger partial charge in [-0.05, 0) is 50.5 Å². The first-order valence-electron chi connectivity index (χ1n) is 11.3. The molecule has 1 aliphatic rings. The second kappa shape index (κ2) is 10.8. The van der Waals surface area contributed by atoms with Crippen molar-refractivity contribution < 1.29 is 19.1 Å². The SMILES string of the molecule is CCOC(=O)C1=C(C)N(CC)C(=O)NC1c1ccc(NC(=O)C(CC)c2ccccc2)cc1. The van der Waals surface area contributed by atoms with E-state index in [-0.39, 0.29) is 24.5 Å². The van der Waals surface area contributed by atoms with Crippen LogP contribution in [0, 0.1) is 0 Å². The highest BCUT2D eigenvalue weighted by atomic mass is 16.5. The van der Waals surface area contributed by atoms with Gasteiger partial charge >= 0.3 is 12.0 Å². The van der Waals surface area contributed by atoms with Crippen LogP contribution in [0.25, 0.3) is 0 Å². The van der Waals surface area contributed by atoms with Crippen LogP contribution in [0.5, 0.6) is 0 Å². The molecular formula is C26H31N3O4. The van der Waals surface area contributed by atoms with E-state index >= 15 is 0 Å². The predicted octanol–water partition coefficient (Wildman–Crippen LogP) is 4.74. The third kappa shape index (κ3) is 5.25. The van der Waals surface area contributed by atoms with Crippen LogP contribution in [-0.2, 0) is 14.3 Å². The van der Waals surface area contributed by atoms with Crippen LogP contribution in [0.4, 0.5) is 10.5 Å². The molecule has 2 aromatic carbocycles. The Morgan fingerprint density at radius 1 is 1.06 bits per heavy atom. The summed E-state index contributed by atoms with van der Waals surface area (Å²) in [6.45, 7) is 8.02. The third-order valence-corrected chi connectivity index (χ3v) is 5.85. The average molecular weight is 450 g/mol. The summed E-state index contributed by atoms with van der Waals surface area (Å²) in [4.78, 5) is 39.6. The number of hydrogen-bond donors (Lipinski definition) is 2. The van der Waals surface area contributed by atoms with Gasteiger partial charge in [0.1, 0.15) is 0 Å². The fraction of sp³-hybridized carbons (Fsp3) is 0.346. The number of nitrogens with one attached hydrogen (secondary N) is 2. The summed E-state index contributed by atoms with van der Waals surface area (Å²) in [7, 11) is 0. The smallest absolute Gasteiger partial charge is 0.338 e. The first-order valence-corrected chi connectivity index (χ1v) is 11.3. The zero-order valence-corrected chi connectivity index (χ0v) is 19.6. The number of nitrogens with zero attached hydrogens (tertiary/aromatic N) is 1. The van der Waals surface area contributed by atoms with Gasteiger partial charge in [-0.1, -0.05) is 49.4 Å². The highest BCUT2D eigenvalue weighted by molar-refractivity contribution is 5.96. The third-order valence-electron chi connectivity index (χ3n) is 5.85. The molecule has 7 nitrogen and oxygen atoms in total. The number of urea groups is 1. The molecule has 0 aliphatic carbocycles. The van der Waals surface area contributed by atoms with Crippen molar-refractivity contribution in [3.8, 4) is 0 Å². The van der Waals surface area contributed by atoms with Crippen molar-refractivity contribution in [1.29, 1.82) is 0 Å². The Labute approximate surface area is 194 Å². The second-order valence-corrected chi connectivity index (χ2v) is 7.83. The van der Waals surface area contributed by atoms with Gasteiger partial charge in [0.15, 0.2) is 0 Å². The highest BCUT2D eigenvalue weighted by Crippen LogP contribution is 2.32. The summed E-state index contributed by atoms with van der Waals surface area (Å²) >= 11 is 0. The molecule has 2 N–H and O–H groups in total. The predicted molar refractivity (Wildman–Crippen MR) is 128 cm³/mol. The molecule has 33 heavy (non-hydrogen) atoms. The number of esters is 1. The van der Waals surface area contributed by atoms with Crippen molar-refractivity contribution in [3.63, 3.8) is 0 Å². The minimum atomic E-state index is -0.628. The number of hydrogen-bond acceptors (Lipinski definition) is 4. The van der Waals surface area contributed by atoms with E-state index < -0.39 is 12.0 Å². The van der Waals surface area contributed by atoms with Crippen LogP contribution in [0.15, 0.2) is 65.9 Å². The standard InChI is InChI=1S/C26H31N3O4/c1-5-21(18-11-9-8-10-12-18)24(30)27-20-15-13-19(14-16-20)23-22(25(31)33-7-3)17(4)29(6-2)26(32)28-23/h8-16,21,23H,5-7H2,1-4H3,(H,27,30)(H,28,32). The first kappa shape index (κ1) is 24.0. The molecular weight excluding hydrogens is 418 g/mol. The van der Waals surface area contributed by atoms with Crippen molar-refractivity contribution in [2.45, 2.75) is 46.1 Å². The summed E-state index contributed by atoms with van der Waals surface area (Å²) in [6.07, 6.45) is 0.683. The van der Waals surface area contributed by atoms with E-state index in [1.807, 2.05) is 44.2 Å². The second-order valence-electron chi connectivity index (χ2n) is 7.83. The van der Waals surface area contributed by atoms with Gasteiger partial charge < -0.3 is 15.4 Å². The molecule has 3 rings (SSSR count). The quantitative estimate of drug-likeness (QED) is 0.570. The lowest BCUT2D eigenvalue weighted by Gasteiger charge is -2.34. The molecule has 2 atom stereocenters. The van der Waals surface area contributed by atoms with Gasteiger partial charge in [-0.3, -0.25) is 9.69 Å². The van der Waals surface area contributed by atoms with Gasteiger partial charge in [0.05, 0.1) is 24.1 Å². The number of amides is 3. The average Bonchev–Trinajstić information content (AvgIpc) is 2.81. The summed E-state index contributed by atoms with van der Waals surface area (Å²) in [5, 5.41) is 5.87. The maximum atomic E-state index is 12.9. The Morgan fingerprint density at radius 2 is 1.73 bits per heavy atom. The monoisotopic (exact) mass is 449 g/mol. The molecule has 7 heteroatoms. The molecule has 2 aromatic rings. The van der Waals surface area contributed by atoms with E-state index in [1.54, 1.807) is 38.1 Å². The maximum Gasteiger partial charge on any atom is 0.338 e. The van der Waals surface area contributed by atoms with E-state index in [0.29, 0.717) is 29.9 Å². The molecule has 2 unspecified atom stereocenters. The van der Waals surface area contributed by atoms with E-state index in [9.17, 15) is 14.4 Å². The Bertz CT molecular complexity index is 1030. The number of allylic oxidation sites excluding steroid dienone is 1. The van der Waals surface area contributed by atoms with Gasteiger partial charge in [-0.25, -0.2) is 9.59 Å². The number of rotatable bonds is 8. The fourth-order valence-corrected chi connectivity index (χ4v) is 4.13. The highest BCUT2D eigenvalue weighted by Gasteiger charge is 2.35. The van der Waals surface area contributed by atoms with Crippen molar-refractivity contribution >= 4 is 23.6 Å². The Kier molecular flexibility index (Phi) is 7.87. The molecule has 1 aliphatic heterocycles. The van der Waals surface area contributed by atoms with E-state index in [4.69, 9.17) is 4.74 Å². The Balaban J connectivity index is 1.83. The van der Waals surface area contributed by atoms with Gasteiger partial charge in [0.2, 0.25) is 5.91 Å². The summed E-state index contributed by atoms with van der Waals surface area (Å²) in [6, 6.07) is 16.0. The minimum Gasteiger partial charge on any atom is -0.463 e. The van der Waals surface area contributed by atoms with Gasteiger partial charge in [0.25, 0.3) is 0 Å². The van der Waals surface area contributed by atoms with Crippen molar-refractivity contribution in [3.05, 3.63) is 77.0 Å². The molecule has 0 radical (unpaired) electrons. The van der Waals surface area contributed by atoms with E-state index in [1.165, 1.54) is 4.90 Å². The van der Waals surface area contributed by atoms with Gasteiger partial charge in [-0.15, -0.1) is 0 Å². The number of anilines is 1. The normalized spacial score (nSPS) is 16.8. The zero-order valence-electron chi connectivity index (χ0n) is 19.6. The zero-order chi connectivity index (χ0) is 24.0. The van der Waals surface area contributed by atoms with E-state index in [0.717, 1.165) is 11.1 Å². The van der Waals surface area contributed by atoms with Crippen LogP contribution in [0.2, 0.25) is 0 Å². The lowest BCUT2D eigenvalue weighted by molar-refractivity contribution is -0.139. The van der Waals surface area contributed by atoms with Crippen molar-refractivity contribution in [1.82, 2.24) is 10.2 Å². The molecule has 0 bridgehead atoms. The van der Waals surface area contributed by atoms with Crippen molar-refractivity contribution in [2.24, 2.45) is 0 Å². The Morgan fingerprint density at radius 3 is 2.30 bits per heavy atom. The van der Waals surface area contributed by atoms with E-state index in [2.05, 4.69) is 10.6 Å². The van der Waals surface area contributed by atoms with Crippen LogP contribution >= 0.6 is 0 Å². The van der Waals surface area contributed by atoms with Crippen molar-refractivity contribution in [2.75, 3.05) is 18.5 Å². The van der Waals surface area contributed by atoms with Crippen LogP contribution in [-0.4, -0.2) is 36.0 Å². The molecule has 174 valence electrons. The lowest BCUT2D eigenvalue weighted by atomic mass is 9.94. The molecule has 3 amide bonds. The topological polar surface area (TPSA) is 87.7 Å². The lowest BCUT2D eigenvalue weighted by Crippen LogP contribution is -2.47. The largest absolute Gasteiger partial charge is 0.463 e. The first-order chi connectivity index (χ1) is 15.9. The number of carbonyl (C=O) groups excluding carboxylic acids is 3.